The molecule has 6 amide bonds. The van der Waals surface area contributed by atoms with E-state index in [-0.39, 0.29) is 24.7 Å². The Morgan fingerprint density at radius 3 is 1.23 bits per heavy atom. The first kappa shape index (κ1) is 40.2. The summed E-state index contributed by atoms with van der Waals surface area (Å²) in [6.45, 7) is 9.58. The Kier molecular flexibility index (Phi) is 17.8. The van der Waals surface area contributed by atoms with Crippen molar-refractivity contribution >= 4 is 41.4 Å². The Labute approximate surface area is 256 Å². The fourth-order valence-electron chi connectivity index (χ4n) is 3.69. The Morgan fingerprint density at radius 1 is 0.500 bits per heavy atom. The van der Waals surface area contributed by atoms with Crippen LogP contribution in [0.3, 0.4) is 0 Å². The third kappa shape index (κ3) is 14.6. The van der Waals surface area contributed by atoms with Crippen LogP contribution in [0.15, 0.2) is 0 Å². The standard InChI is InChI=1S/C27H49N7O10/c1-12(2)8-18(24(40)30-15(6)21(37)29-14(5)22(38)31-16(7)27(43)44)33-26(42)20(11-36)34-25(41)19(9-13(3)4)32-23(39)17(28)10-35/h12-20,35-36H,8-11,28H2,1-7H3,(H,29,37)(H,30,40)(H,31,38)(H,32,39)(H,33,42)(H,34,41)(H,43,44)/t14-,15-,16-,17-,18-,19-,20-/m0/s1. The summed E-state index contributed by atoms with van der Waals surface area (Å²) in [6.07, 6.45) is 0.279. The summed E-state index contributed by atoms with van der Waals surface area (Å²) >= 11 is 0. The van der Waals surface area contributed by atoms with Gasteiger partial charge in [0, 0.05) is 0 Å². The lowest BCUT2D eigenvalue weighted by molar-refractivity contribution is -0.141. The number of hydrogen-bond donors (Lipinski definition) is 10. The van der Waals surface area contributed by atoms with Crippen LogP contribution >= 0.6 is 0 Å². The van der Waals surface area contributed by atoms with Gasteiger partial charge in [-0.15, -0.1) is 0 Å². The smallest absolute Gasteiger partial charge is 0.325 e. The maximum atomic E-state index is 13.1. The Hall–Kier alpha value is -3.83. The number of carboxylic acid groups (broad SMARTS) is 1. The number of aliphatic carboxylic acids is 1. The number of nitrogens with two attached hydrogens (primary N) is 1. The first-order chi connectivity index (χ1) is 20.3. The molecular formula is C27H49N7O10. The van der Waals surface area contributed by atoms with Crippen molar-refractivity contribution in [1.82, 2.24) is 31.9 Å². The molecule has 17 nitrogen and oxygen atoms in total. The van der Waals surface area contributed by atoms with Crippen molar-refractivity contribution < 1.29 is 48.9 Å². The summed E-state index contributed by atoms with van der Waals surface area (Å²) in [4.78, 5) is 86.9. The number of carbonyl (C=O) groups excluding carboxylic acids is 6. The van der Waals surface area contributed by atoms with Crippen LogP contribution in [-0.4, -0.2) is 112 Å². The quantitative estimate of drug-likeness (QED) is 0.0666. The molecular weight excluding hydrogens is 582 g/mol. The summed E-state index contributed by atoms with van der Waals surface area (Å²) in [7, 11) is 0. The van der Waals surface area contributed by atoms with E-state index in [2.05, 4.69) is 31.9 Å². The third-order valence-electron chi connectivity index (χ3n) is 6.26. The number of carbonyl (C=O) groups is 7. The number of amides is 6. The molecule has 7 atom stereocenters. The highest BCUT2D eigenvalue weighted by molar-refractivity contribution is 5.96. The van der Waals surface area contributed by atoms with Crippen LogP contribution in [0.4, 0.5) is 0 Å². The third-order valence-corrected chi connectivity index (χ3v) is 6.26. The molecule has 0 saturated heterocycles. The summed E-state index contributed by atoms with van der Waals surface area (Å²) in [5, 5.41) is 42.2. The molecule has 0 aromatic rings. The van der Waals surface area contributed by atoms with Gasteiger partial charge in [-0.25, -0.2) is 0 Å². The largest absolute Gasteiger partial charge is 0.480 e. The first-order valence-corrected chi connectivity index (χ1v) is 14.4. The zero-order chi connectivity index (χ0) is 34.3. The predicted octanol–water partition coefficient (Wildman–Crippen LogP) is -3.56. The zero-order valence-electron chi connectivity index (χ0n) is 26.3. The predicted molar refractivity (Wildman–Crippen MR) is 157 cm³/mol. The number of hydrogen-bond acceptors (Lipinski definition) is 10. The van der Waals surface area contributed by atoms with E-state index < -0.39 is 96.9 Å². The molecule has 0 heterocycles. The molecule has 0 fully saturated rings. The maximum absolute atomic E-state index is 13.1. The highest BCUT2D eigenvalue weighted by Gasteiger charge is 2.32. The fourth-order valence-corrected chi connectivity index (χ4v) is 3.69. The molecule has 0 bridgehead atoms. The molecule has 0 unspecified atom stereocenters. The number of rotatable bonds is 19. The van der Waals surface area contributed by atoms with Crippen molar-refractivity contribution in [2.45, 2.75) is 104 Å². The maximum Gasteiger partial charge on any atom is 0.325 e. The molecule has 0 aromatic carbocycles. The minimum atomic E-state index is -1.50. The van der Waals surface area contributed by atoms with Crippen LogP contribution in [0.2, 0.25) is 0 Å². The zero-order valence-corrected chi connectivity index (χ0v) is 26.3. The Morgan fingerprint density at radius 2 is 0.841 bits per heavy atom. The van der Waals surface area contributed by atoms with E-state index in [1.807, 2.05) is 0 Å². The van der Waals surface area contributed by atoms with E-state index in [1.54, 1.807) is 27.7 Å². The average molecular weight is 632 g/mol. The van der Waals surface area contributed by atoms with Gasteiger partial charge < -0.3 is 53.0 Å². The number of aliphatic hydroxyl groups is 2. The second kappa shape index (κ2) is 19.4. The molecule has 44 heavy (non-hydrogen) atoms. The SMILES string of the molecule is CC(C)C[C@H](NC(=O)[C@H](CO)NC(=O)[C@H](CC(C)C)NC(=O)[C@@H](N)CO)C(=O)N[C@@H](C)C(=O)N[C@@H](C)C(=O)N[C@@H](C)C(=O)O. The van der Waals surface area contributed by atoms with Gasteiger partial charge in [0.15, 0.2) is 0 Å². The van der Waals surface area contributed by atoms with Gasteiger partial charge >= 0.3 is 5.97 Å². The highest BCUT2D eigenvalue weighted by atomic mass is 16.4. The Bertz CT molecular complexity index is 1020. The lowest BCUT2D eigenvalue weighted by Crippen LogP contribution is -2.60. The molecule has 0 aliphatic heterocycles. The van der Waals surface area contributed by atoms with Gasteiger partial charge in [-0.1, -0.05) is 27.7 Å². The number of carboxylic acids is 1. The Balaban J connectivity index is 5.49. The van der Waals surface area contributed by atoms with Gasteiger partial charge in [-0.2, -0.15) is 0 Å². The molecule has 0 aliphatic carbocycles. The molecule has 0 radical (unpaired) electrons. The van der Waals surface area contributed by atoms with Crippen LogP contribution < -0.4 is 37.6 Å². The summed E-state index contributed by atoms with van der Waals surface area (Å²) in [6, 6.07) is -8.56. The summed E-state index contributed by atoms with van der Waals surface area (Å²) in [5.41, 5.74) is 5.51. The van der Waals surface area contributed by atoms with E-state index in [4.69, 9.17) is 15.9 Å². The lowest BCUT2D eigenvalue weighted by Gasteiger charge is -2.27. The van der Waals surface area contributed by atoms with Crippen molar-refractivity contribution in [2.24, 2.45) is 17.6 Å². The highest BCUT2D eigenvalue weighted by Crippen LogP contribution is 2.08. The number of aliphatic hydroxyl groups excluding tert-OH is 2. The average Bonchev–Trinajstić information content (AvgIpc) is 2.93. The van der Waals surface area contributed by atoms with E-state index >= 15 is 0 Å². The first-order valence-electron chi connectivity index (χ1n) is 14.4. The van der Waals surface area contributed by atoms with Crippen LogP contribution in [0, 0.1) is 11.8 Å². The van der Waals surface area contributed by atoms with E-state index in [0.29, 0.717) is 0 Å². The topological polar surface area (TPSA) is 278 Å². The molecule has 11 N–H and O–H groups in total. The van der Waals surface area contributed by atoms with Gasteiger partial charge in [-0.3, -0.25) is 33.6 Å². The monoisotopic (exact) mass is 631 g/mol. The van der Waals surface area contributed by atoms with E-state index in [1.165, 1.54) is 20.8 Å². The molecule has 0 saturated carbocycles. The van der Waals surface area contributed by atoms with Crippen LogP contribution in [0.5, 0.6) is 0 Å². The molecule has 0 aliphatic rings. The van der Waals surface area contributed by atoms with Gasteiger partial charge in [0.25, 0.3) is 0 Å². The van der Waals surface area contributed by atoms with Gasteiger partial charge in [0.1, 0.15) is 42.3 Å². The summed E-state index contributed by atoms with van der Waals surface area (Å²) in [5.74, 6) is -6.18. The van der Waals surface area contributed by atoms with E-state index in [9.17, 15) is 38.7 Å². The van der Waals surface area contributed by atoms with Crippen molar-refractivity contribution in [3.63, 3.8) is 0 Å². The van der Waals surface area contributed by atoms with Crippen LogP contribution in [0.1, 0.15) is 61.3 Å². The van der Waals surface area contributed by atoms with Gasteiger partial charge in [0.2, 0.25) is 35.4 Å². The fraction of sp³-hybridized carbons (Fsp3) is 0.741. The molecule has 252 valence electrons. The van der Waals surface area contributed by atoms with Crippen molar-refractivity contribution in [3.05, 3.63) is 0 Å². The molecule has 0 spiro atoms. The lowest BCUT2D eigenvalue weighted by atomic mass is 10.0. The normalized spacial score (nSPS) is 15.9. The minimum absolute atomic E-state index is 0.0678. The summed E-state index contributed by atoms with van der Waals surface area (Å²) < 4.78 is 0. The number of nitrogens with one attached hydrogen (secondary N) is 6. The van der Waals surface area contributed by atoms with Crippen molar-refractivity contribution in [2.75, 3.05) is 13.2 Å². The van der Waals surface area contributed by atoms with Crippen molar-refractivity contribution in [1.29, 1.82) is 0 Å². The van der Waals surface area contributed by atoms with Crippen LogP contribution in [0.25, 0.3) is 0 Å². The molecule has 0 rings (SSSR count). The van der Waals surface area contributed by atoms with E-state index in [0.717, 1.165) is 0 Å². The molecule has 17 heteroatoms. The van der Waals surface area contributed by atoms with Gasteiger partial charge in [-0.05, 0) is 45.4 Å². The second-order valence-electron chi connectivity index (χ2n) is 11.4. The molecule has 0 aromatic heterocycles. The van der Waals surface area contributed by atoms with Crippen molar-refractivity contribution in [3.8, 4) is 0 Å². The second-order valence-corrected chi connectivity index (χ2v) is 11.4. The van der Waals surface area contributed by atoms with Gasteiger partial charge in [0.05, 0.1) is 13.2 Å². The minimum Gasteiger partial charge on any atom is -0.480 e. The van der Waals surface area contributed by atoms with Crippen LogP contribution in [-0.2, 0) is 33.6 Å².